The van der Waals surface area contributed by atoms with Crippen molar-refractivity contribution in [3.05, 3.63) is 24.0 Å². The van der Waals surface area contributed by atoms with E-state index >= 15 is 0 Å². The molecule has 0 fully saturated rings. The Morgan fingerprint density at radius 2 is 2.05 bits per heavy atom. The highest BCUT2D eigenvalue weighted by molar-refractivity contribution is 8.00. The van der Waals surface area contributed by atoms with Gasteiger partial charge in [0.1, 0.15) is 5.75 Å². The molecule has 0 aromatic carbocycles. The summed E-state index contributed by atoms with van der Waals surface area (Å²) in [5.41, 5.74) is 3.91. The second kappa shape index (κ2) is 7.12. The van der Waals surface area contributed by atoms with Crippen LogP contribution in [0.3, 0.4) is 0 Å². The second-order valence-corrected chi connectivity index (χ2v) is 7.61. The number of nitrogens with zero attached hydrogens (tertiary/aromatic N) is 1. The molecule has 1 unspecified atom stereocenters. The zero-order valence-corrected chi connectivity index (χ0v) is 13.3. The van der Waals surface area contributed by atoms with Crippen LogP contribution in [0.5, 0.6) is 5.75 Å². The van der Waals surface area contributed by atoms with Gasteiger partial charge in [-0.05, 0) is 25.5 Å². The lowest BCUT2D eigenvalue weighted by molar-refractivity contribution is 0.241. The van der Waals surface area contributed by atoms with Gasteiger partial charge in [-0.1, -0.05) is 20.8 Å². The predicted octanol–water partition coefficient (Wildman–Crippen LogP) is 2.90. The third kappa shape index (κ3) is 6.27. The van der Waals surface area contributed by atoms with Gasteiger partial charge in [0, 0.05) is 16.7 Å². The standard InChI is InChI=1S/C14H25N3OS/c1-10(2)18-12-6-11(7-16-8-12)13(17-15)9-19-14(3,4)5/h6-8,10,13,17H,9,15H2,1-5H3. The average molecular weight is 283 g/mol. The van der Waals surface area contributed by atoms with Crippen molar-refractivity contribution in [1.82, 2.24) is 10.4 Å². The molecule has 1 aromatic heterocycles. The molecular formula is C14H25N3OS. The zero-order valence-electron chi connectivity index (χ0n) is 12.4. The number of ether oxygens (including phenoxy) is 1. The number of pyridine rings is 1. The van der Waals surface area contributed by atoms with Crippen LogP contribution in [0.2, 0.25) is 0 Å². The number of rotatable bonds is 6. The van der Waals surface area contributed by atoms with E-state index in [2.05, 4.69) is 31.2 Å². The maximum Gasteiger partial charge on any atom is 0.138 e. The smallest absolute Gasteiger partial charge is 0.138 e. The molecule has 1 aromatic rings. The fourth-order valence-corrected chi connectivity index (χ4v) is 2.49. The van der Waals surface area contributed by atoms with Gasteiger partial charge in [-0.15, -0.1) is 0 Å². The molecule has 5 heteroatoms. The van der Waals surface area contributed by atoms with Crippen molar-refractivity contribution < 1.29 is 4.74 Å². The van der Waals surface area contributed by atoms with Gasteiger partial charge in [0.15, 0.2) is 0 Å². The molecule has 1 rings (SSSR count). The fourth-order valence-electron chi connectivity index (χ4n) is 1.54. The molecule has 0 aliphatic heterocycles. The number of aromatic nitrogens is 1. The predicted molar refractivity (Wildman–Crippen MR) is 82.3 cm³/mol. The van der Waals surface area contributed by atoms with Gasteiger partial charge in [0.2, 0.25) is 0 Å². The van der Waals surface area contributed by atoms with Gasteiger partial charge >= 0.3 is 0 Å². The summed E-state index contributed by atoms with van der Waals surface area (Å²) in [7, 11) is 0. The van der Waals surface area contributed by atoms with E-state index in [1.54, 1.807) is 6.20 Å². The van der Waals surface area contributed by atoms with Crippen molar-refractivity contribution in [2.24, 2.45) is 5.84 Å². The summed E-state index contributed by atoms with van der Waals surface area (Å²) in [6.45, 7) is 10.6. The summed E-state index contributed by atoms with van der Waals surface area (Å²) in [5, 5.41) is 0. The molecule has 0 amide bonds. The van der Waals surface area contributed by atoms with E-state index in [1.165, 1.54) is 0 Å². The Balaban J connectivity index is 2.75. The van der Waals surface area contributed by atoms with E-state index in [-0.39, 0.29) is 16.9 Å². The average Bonchev–Trinajstić information content (AvgIpc) is 2.28. The van der Waals surface area contributed by atoms with Crippen molar-refractivity contribution in [3.8, 4) is 5.75 Å². The molecule has 0 saturated carbocycles. The number of nitrogens with one attached hydrogen (secondary N) is 1. The molecule has 0 aliphatic rings. The Morgan fingerprint density at radius 3 is 2.58 bits per heavy atom. The molecule has 1 atom stereocenters. The lowest BCUT2D eigenvalue weighted by Gasteiger charge is -2.23. The highest BCUT2D eigenvalue weighted by atomic mass is 32.2. The van der Waals surface area contributed by atoms with Crippen LogP contribution >= 0.6 is 11.8 Å². The van der Waals surface area contributed by atoms with Gasteiger partial charge < -0.3 is 4.74 Å². The van der Waals surface area contributed by atoms with Crippen LogP contribution < -0.4 is 16.0 Å². The number of hydrogen-bond acceptors (Lipinski definition) is 5. The van der Waals surface area contributed by atoms with Gasteiger partial charge in [0.05, 0.1) is 18.3 Å². The van der Waals surface area contributed by atoms with E-state index in [0.717, 1.165) is 17.1 Å². The zero-order chi connectivity index (χ0) is 14.5. The summed E-state index contributed by atoms with van der Waals surface area (Å²) in [6, 6.07) is 2.08. The number of nitrogens with two attached hydrogens (primary N) is 1. The minimum atomic E-state index is 0.0763. The summed E-state index contributed by atoms with van der Waals surface area (Å²) < 4.78 is 5.87. The van der Waals surface area contributed by atoms with Crippen LogP contribution in [0.4, 0.5) is 0 Å². The Labute approximate surface area is 120 Å². The molecule has 19 heavy (non-hydrogen) atoms. The van der Waals surface area contributed by atoms with Crippen molar-refractivity contribution in [1.29, 1.82) is 0 Å². The van der Waals surface area contributed by atoms with E-state index in [1.807, 2.05) is 37.9 Å². The first-order valence-electron chi connectivity index (χ1n) is 6.53. The number of hydrogen-bond donors (Lipinski definition) is 2. The van der Waals surface area contributed by atoms with E-state index in [0.29, 0.717) is 0 Å². The Hall–Kier alpha value is -0.780. The van der Waals surface area contributed by atoms with Crippen molar-refractivity contribution in [2.75, 3.05) is 5.75 Å². The van der Waals surface area contributed by atoms with Crippen LogP contribution in [0, 0.1) is 0 Å². The van der Waals surface area contributed by atoms with Crippen LogP contribution in [0.1, 0.15) is 46.2 Å². The van der Waals surface area contributed by atoms with Crippen LogP contribution in [0.25, 0.3) is 0 Å². The number of hydrazine groups is 1. The lowest BCUT2D eigenvalue weighted by Crippen LogP contribution is -2.31. The minimum Gasteiger partial charge on any atom is -0.489 e. The maximum absolute atomic E-state index is 5.66. The first-order valence-corrected chi connectivity index (χ1v) is 7.52. The molecular weight excluding hydrogens is 258 g/mol. The largest absolute Gasteiger partial charge is 0.489 e. The highest BCUT2D eigenvalue weighted by Gasteiger charge is 2.17. The van der Waals surface area contributed by atoms with Crippen molar-refractivity contribution >= 4 is 11.8 Å². The SMILES string of the molecule is CC(C)Oc1cncc(C(CSC(C)(C)C)NN)c1. The second-order valence-electron chi connectivity index (χ2n) is 5.76. The first kappa shape index (κ1) is 16.3. The highest BCUT2D eigenvalue weighted by Crippen LogP contribution is 2.28. The van der Waals surface area contributed by atoms with Crippen molar-refractivity contribution in [2.45, 2.75) is 51.5 Å². The topological polar surface area (TPSA) is 60.2 Å². The van der Waals surface area contributed by atoms with E-state index < -0.39 is 0 Å². The lowest BCUT2D eigenvalue weighted by atomic mass is 10.1. The van der Waals surface area contributed by atoms with Crippen molar-refractivity contribution in [3.63, 3.8) is 0 Å². The number of thioether (sulfide) groups is 1. The fraction of sp³-hybridized carbons (Fsp3) is 0.643. The molecule has 0 spiro atoms. The third-order valence-electron chi connectivity index (χ3n) is 2.39. The van der Waals surface area contributed by atoms with Gasteiger partial charge in [-0.3, -0.25) is 16.3 Å². The van der Waals surface area contributed by atoms with E-state index in [4.69, 9.17) is 10.6 Å². The minimum absolute atomic E-state index is 0.0763. The molecule has 4 nitrogen and oxygen atoms in total. The monoisotopic (exact) mass is 283 g/mol. The van der Waals surface area contributed by atoms with Crippen LogP contribution in [0.15, 0.2) is 18.5 Å². The van der Waals surface area contributed by atoms with Crippen LogP contribution in [-0.2, 0) is 0 Å². The summed E-state index contributed by atoms with van der Waals surface area (Å²) in [6.07, 6.45) is 3.71. The summed E-state index contributed by atoms with van der Waals surface area (Å²) >= 11 is 1.87. The molecule has 0 bridgehead atoms. The van der Waals surface area contributed by atoms with E-state index in [9.17, 15) is 0 Å². The Kier molecular flexibility index (Phi) is 6.10. The third-order valence-corrected chi connectivity index (χ3v) is 3.76. The quantitative estimate of drug-likeness (QED) is 0.621. The van der Waals surface area contributed by atoms with Crippen LogP contribution in [-0.4, -0.2) is 21.6 Å². The molecule has 0 radical (unpaired) electrons. The van der Waals surface area contributed by atoms with Gasteiger partial charge in [-0.25, -0.2) is 0 Å². The summed E-state index contributed by atoms with van der Waals surface area (Å²) in [5.74, 6) is 7.33. The molecule has 108 valence electrons. The molecule has 0 saturated heterocycles. The molecule has 0 aliphatic carbocycles. The first-order chi connectivity index (χ1) is 8.81. The molecule has 3 N–H and O–H groups in total. The van der Waals surface area contributed by atoms with Gasteiger partial charge in [0.25, 0.3) is 0 Å². The molecule has 1 heterocycles. The normalized spacial score (nSPS) is 13.6. The Morgan fingerprint density at radius 1 is 1.37 bits per heavy atom. The maximum atomic E-state index is 5.66. The van der Waals surface area contributed by atoms with Gasteiger partial charge in [-0.2, -0.15) is 11.8 Å². The summed E-state index contributed by atoms with van der Waals surface area (Å²) in [4.78, 5) is 4.22. The Bertz CT molecular complexity index is 391.